The third-order valence-electron chi connectivity index (χ3n) is 4.30. The van der Waals surface area contributed by atoms with Crippen molar-refractivity contribution in [1.82, 2.24) is 0 Å². The maximum atomic E-state index is 12.7. The summed E-state index contributed by atoms with van der Waals surface area (Å²) in [6.07, 6.45) is 3.70. The number of halogens is 2. The second-order valence-electron chi connectivity index (χ2n) is 8.16. The molecule has 0 saturated heterocycles. The van der Waals surface area contributed by atoms with Crippen LogP contribution in [0, 0.1) is 0 Å². The van der Waals surface area contributed by atoms with Gasteiger partial charge in [0.1, 0.15) is 5.60 Å². The monoisotopic (exact) mass is 467 g/mol. The molecular weight excluding hydrogens is 445 g/mol. The lowest BCUT2D eigenvalue weighted by molar-refractivity contribution is 0.00708. The van der Waals surface area contributed by atoms with E-state index in [2.05, 4.69) is 5.32 Å². The van der Waals surface area contributed by atoms with Gasteiger partial charge in [-0.2, -0.15) is 0 Å². The van der Waals surface area contributed by atoms with E-state index in [4.69, 9.17) is 27.9 Å². The van der Waals surface area contributed by atoms with Crippen LogP contribution in [0.3, 0.4) is 0 Å². The van der Waals surface area contributed by atoms with Crippen molar-refractivity contribution in [2.24, 2.45) is 0 Å². The second-order valence-corrected chi connectivity index (χ2v) is 9.04. The van der Waals surface area contributed by atoms with Gasteiger partial charge in [-0.05, 0) is 74.4 Å². The zero-order valence-corrected chi connectivity index (χ0v) is 19.5. The molecule has 0 radical (unpaired) electrons. The topological polar surface area (TPSA) is 55.4 Å². The fourth-order valence-corrected chi connectivity index (χ4v) is 3.47. The lowest BCUT2D eigenvalue weighted by Crippen LogP contribution is -2.25. The summed E-state index contributed by atoms with van der Waals surface area (Å²) in [7, 11) is 0. The Labute approximate surface area is 197 Å². The molecule has 0 aliphatic rings. The number of hydrogen-bond acceptors (Lipinski definition) is 3. The van der Waals surface area contributed by atoms with Gasteiger partial charge in [0.15, 0.2) is 0 Å². The minimum Gasteiger partial charge on any atom is -0.456 e. The lowest BCUT2D eigenvalue weighted by atomic mass is 10.1. The molecule has 6 heteroatoms. The summed E-state index contributed by atoms with van der Waals surface area (Å²) < 4.78 is 5.51. The number of anilines is 1. The Bertz CT molecular complexity index is 1150. The number of carbonyl (C=O) groups excluding carboxylic acids is 2. The van der Waals surface area contributed by atoms with Crippen molar-refractivity contribution >= 4 is 52.9 Å². The number of carbonyl (C=O) groups is 2. The van der Waals surface area contributed by atoms with Crippen molar-refractivity contribution in [3.05, 3.63) is 99.0 Å². The maximum Gasteiger partial charge on any atom is 0.340 e. The molecule has 3 aromatic carbocycles. The first-order valence-corrected chi connectivity index (χ1v) is 10.7. The third kappa shape index (κ3) is 6.71. The van der Waals surface area contributed by atoms with Crippen LogP contribution in [0.1, 0.15) is 52.6 Å². The summed E-state index contributed by atoms with van der Waals surface area (Å²) in [5, 5.41) is 3.91. The standard InChI is InChI=1S/C26H23Cl2NO3/c1-26(2,3)32-25(31)22-12-11-17(9-10-18-13-20(27)16-21(28)14-18)15-23(22)29-24(30)19-7-5-4-6-8-19/h4-16H,1-3H3,(H,29,30)/b10-9+. The van der Waals surface area contributed by atoms with Gasteiger partial charge in [0.05, 0.1) is 11.3 Å². The Balaban J connectivity index is 1.94. The minimum absolute atomic E-state index is 0.271. The van der Waals surface area contributed by atoms with Gasteiger partial charge >= 0.3 is 5.97 Å². The van der Waals surface area contributed by atoms with Crippen LogP contribution in [0.2, 0.25) is 10.0 Å². The number of esters is 1. The molecule has 0 aliphatic carbocycles. The van der Waals surface area contributed by atoms with E-state index in [9.17, 15) is 9.59 Å². The molecule has 3 rings (SSSR count). The van der Waals surface area contributed by atoms with Crippen molar-refractivity contribution in [3.8, 4) is 0 Å². The molecule has 0 heterocycles. The van der Waals surface area contributed by atoms with E-state index in [1.807, 2.05) is 18.2 Å². The summed E-state index contributed by atoms with van der Waals surface area (Å²) in [6, 6.07) is 19.2. The SMILES string of the molecule is CC(C)(C)OC(=O)c1ccc(/C=C/c2cc(Cl)cc(Cl)c2)cc1NC(=O)c1ccccc1. The van der Waals surface area contributed by atoms with Crippen LogP contribution in [0.5, 0.6) is 0 Å². The average molecular weight is 468 g/mol. The molecular formula is C26H23Cl2NO3. The van der Waals surface area contributed by atoms with Crippen LogP contribution in [-0.2, 0) is 4.74 Å². The first-order valence-electron chi connectivity index (χ1n) is 9.99. The van der Waals surface area contributed by atoms with E-state index in [0.717, 1.165) is 11.1 Å². The molecule has 1 amide bonds. The molecule has 0 bridgehead atoms. The molecule has 164 valence electrons. The predicted octanol–water partition coefficient (Wildman–Crippen LogP) is 7.37. The maximum absolute atomic E-state index is 12.7. The van der Waals surface area contributed by atoms with Crippen molar-refractivity contribution in [3.63, 3.8) is 0 Å². The molecule has 32 heavy (non-hydrogen) atoms. The Morgan fingerprint density at radius 3 is 2.09 bits per heavy atom. The summed E-state index contributed by atoms with van der Waals surface area (Å²) in [6.45, 7) is 5.38. The molecule has 3 aromatic rings. The molecule has 0 aromatic heterocycles. The van der Waals surface area contributed by atoms with Crippen LogP contribution in [-0.4, -0.2) is 17.5 Å². The van der Waals surface area contributed by atoms with Gasteiger partial charge in [0, 0.05) is 15.6 Å². The number of benzene rings is 3. The van der Waals surface area contributed by atoms with E-state index in [1.165, 1.54) is 0 Å². The summed E-state index contributed by atoms with van der Waals surface area (Å²) in [5.74, 6) is -0.837. The van der Waals surface area contributed by atoms with Crippen LogP contribution in [0.4, 0.5) is 5.69 Å². The summed E-state index contributed by atoms with van der Waals surface area (Å²) in [4.78, 5) is 25.5. The van der Waals surface area contributed by atoms with E-state index in [1.54, 1.807) is 81.4 Å². The Kier molecular flexibility index (Phi) is 7.39. The number of amides is 1. The Morgan fingerprint density at radius 1 is 0.844 bits per heavy atom. The van der Waals surface area contributed by atoms with E-state index >= 15 is 0 Å². The average Bonchev–Trinajstić information content (AvgIpc) is 2.71. The lowest BCUT2D eigenvalue weighted by Gasteiger charge is -2.21. The van der Waals surface area contributed by atoms with Gasteiger partial charge in [-0.15, -0.1) is 0 Å². The van der Waals surface area contributed by atoms with Crippen LogP contribution in [0.25, 0.3) is 12.2 Å². The minimum atomic E-state index is -0.664. The van der Waals surface area contributed by atoms with E-state index in [0.29, 0.717) is 21.3 Å². The van der Waals surface area contributed by atoms with Crippen LogP contribution in [0.15, 0.2) is 66.7 Å². The molecule has 4 nitrogen and oxygen atoms in total. The highest BCUT2D eigenvalue weighted by Crippen LogP contribution is 2.25. The van der Waals surface area contributed by atoms with Gasteiger partial charge in [-0.3, -0.25) is 4.79 Å². The molecule has 0 atom stereocenters. The molecule has 0 spiro atoms. The largest absolute Gasteiger partial charge is 0.456 e. The molecule has 0 fully saturated rings. The number of nitrogens with one attached hydrogen (secondary N) is 1. The molecule has 0 aliphatic heterocycles. The molecule has 0 unspecified atom stereocenters. The van der Waals surface area contributed by atoms with Gasteiger partial charge in [-0.1, -0.05) is 59.6 Å². The highest BCUT2D eigenvalue weighted by Gasteiger charge is 2.21. The Morgan fingerprint density at radius 2 is 1.47 bits per heavy atom. The summed E-state index contributed by atoms with van der Waals surface area (Å²) in [5.41, 5.74) is 2.05. The fraction of sp³-hybridized carbons (Fsp3) is 0.154. The first kappa shape index (κ1) is 23.6. The highest BCUT2D eigenvalue weighted by molar-refractivity contribution is 6.34. The highest BCUT2D eigenvalue weighted by atomic mass is 35.5. The third-order valence-corrected chi connectivity index (χ3v) is 4.74. The first-order chi connectivity index (χ1) is 15.1. The van der Waals surface area contributed by atoms with E-state index in [-0.39, 0.29) is 11.5 Å². The zero-order valence-electron chi connectivity index (χ0n) is 18.0. The van der Waals surface area contributed by atoms with Crippen molar-refractivity contribution in [2.75, 3.05) is 5.32 Å². The van der Waals surface area contributed by atoms with Crippen molar-refractivity contribution in [1.29, 1.82) is 0 Å². The van der Waals surface area contributed by atoms with Gasteiger partial charge in [0.25, 0.3) is 5.91 Å². The predicted molar refractivity (Wildman–Crippen MR) is 131 cm³/mol. The van der Waals surface area contributed by atoms with Crippen molar-refractivity contribution < 1.29 is 14.3 Å². The fourth-order valence-electron chi connectivity index (χ4n) is 2.93. The summed E-state index contributed by atoms with van der Waals surface area (Å²) >= 11 is 12.1. The Hall–Kier alpha value is -3.08. The van der Waals surface area contributed by atoms with Crippen LogP contribution < -0.4 is 5.32 Å². The van der Waals surface area contributed by atoms with Gasteiger partial charge < -0.3 is 10.1 Å². The smallest absolute Gasteiger partial charge is 0.340 e. The number of rotatable bonds is 5. The quantitative estimate of drug-likeness (QED) is 0.314. The molecule has 1 N–H and O–H groups in total. The van der Waals surface area contributed by atoms with Crippen molar-refractivity contribution in [2.45, 2.75) is 26.4 Å². The second kappa shape index (κ2) is 10.0. The van der Waals surface area contributed by atoms with E-state index < -0.39 is 11.6 Å². The van der Waals surface area contributed by atoms with Crippen LogP contribution >= 0.6 is 23.2 Å². The molecule has 0 saturated carbocycles. The number of hydrogen-bond donors (Lipinski definition) is 1. The van der Waals surface area contributed by atoms with Gasteiger partial charge in [0.2, 0.25) is 0 Å². The normalized spacial score (nSPS) is 11.4. The number of ether oxygens (including phenoxy) is 1. The van der Waals surface area contributed by atoms with Gasteiger partial charge in [-0.25, -0.2) is 4.79 Å². The zero-order chi connectivity index (χ0) is 23.3.